The number of hydrogen-bond acceptors (Lipinski definition) is 7. The number of furan rings is 1. The van der Waals surface area contributed by atoms with E-state index in [9.17, 15) is 13.2 Å². The van der Waals surface area contributed by atoms with E-state index in [0.29, 0.717) is 57.3 Å². The normalized spacial score (nSPS) is 11.5. The minimum atomic E-state index is -3.69. The monoisotopic (exact) mass is 440 g/mol. The summed E-state index contributed by atoms with van der Waals surface area (Å²) in [4.78, 5) is 12.2. The fraction of sp³-hybridized carbons (Fsp3) is 0.450. The maximum absolute atomic E-state index is 12.3. The Kier molecular flexibility index (Phi) is 10.5. The van der Waals surface area contributed by atoms with Crippen LogP contribution in [0, 0.1) is 0 Å². The van der Waals surface area contributed by atoms with Crippen LogP contribution in [0.4, 0.5) is 0 Å². The highest BCUT2D eigenvalue weighted by Gasteiger charge is 2.15. The number of rotatable bonds is 15. The smallest absolute Gasteiger partial charge is 0.251 e. The lowest BCUT2D eigenvalue weighted by Gasteiger charge is -2.08. The molecule has 0 bridgehead atoms. The molecule has 1 heterocycles. The fourth-order valence-electron chi connectivity index (χ4n) is 2.39. The van der Waals surface area contributed by atoms with Crippen LogP contribution in [0.15, 0.2) is 52.0 Å². The first-order valence-corrected chi connectivity index (χ1v) is 11.1. The van der Waals surface area contributed by atoms with Gasteiger partial charge < -0.3 is 23.9 Å². The topological polar surface area (TPSA) is 116 Å². The first-order chi connectivity index (χ1) is 14.5. The summed E-state index contributed by atoms with van der Waals surface area (Å²) in [6.45, 7) is 3.10. The lowest BCUT2D eigenvalue weighted by Crippen LogP contribution is -2.26. The molecule has 2 N–H and O–H groups in total. The van der Waals surface area contributed by atoms with Gasteiger partial charge in [0.2, 0.25) is 10.0 Å². The predicted molar refractivity (Wildman–Crippen MR) is 110 cm³/mol. The third-order valence-corrected chi connectivity index (χ3v) is 5.42. The van der Waals surface area contributed by atoms with Gasteiger partial charge in [-0.1, -0.05) is 0 Å². The Labute approximate surface area is 176 Å². The highest BCUT2D eigenvalue weighted by atomic mass is 32.2. The number of carbonyl (C=O) groups excluding carboxylic acids is 1. The van der Waals surface area contributed by atoms with Crippen LogP contribution in [0.3, 0.4) is 0 Å². The number of benzene rings is 1. The summed E-state index contributed by atoms with van der Waals surface area (Å²) in [6, 6.07) is 9.10. The molecule has 0 aliphatic heterocycles. The molecule has 9 nitrogen and oxygen atoms in total. The molecule has 0 unspecified atom stereocenters. The minimum absolute atomic E-state index is 0.0545. The molecule has 0 aliphatic rings. The van der Waals surface area contributed by atoms with Crippen molar-refractivity contribution in [3.05, 3.63) is 54.0 Å². The Hall–Kier alpha value is -2.24. The standard InChI is InChI=1S/C20H28N2O7S/c1-26-12-13-28-15-14-27-10-3-9-21-20(23)17-5-7-19(8-6-17)30(24,25)22-16-18-4-2-11-29-18/h2,4-8,11,22H,3,9-10,12-16H2,1H3,(H,21,23). The third-order valence-electron chi connectivity index (χ3n) is 4.00. The molecule has 30 heavy (non-hydrogen) atoms. The Morgan fingerprint density at radius 1 is 1.00 bits per heavy atom. The largest absolute Gasteiger partial charge is 0.468 e. The summed E-state index contributed by atoms with van der Waals surface area (Å²) in [6.07, 6.45) is 2.13. The van der Waals surface area contributed by atoms with Crippen LogP contribution in [0.25, 0.3) is 0 Å². The summed E-state index contributed by atoms with van der Waals surface area (Å²) in [5, 5.41) is 2.78. The zero-order valence-corrected chi connectivity index (χ0v) is 17.8. The Balaban J connectivity index is 1.65. The molecule has 1 aromatic carbocycles. The zero-order valence-electron chi connectivity index (χ0n) is 17.0. The van der Waals surface area contributed by atoms with Crippen molar-refractivity contribution in [2.75, 3.05) is 46.7 Å². The summed E-state index contributed by atoms with van der Waals surface area (Å²) in [5.74, 6) is 0.238. The molecule has 0 radical (unpaired) electrons. The van der Waals surface area contributed by atoms with Crippen LogP contribution in [-0.2, 0) is 30.8 Å². The molecule has 2 rings (SSSR count). The van der Waals surface area contributed by atoms with Gasteiger partial charge in [0.05, 0.1) is 44.1 Å². The Morgan fingerprint density at radius 3 is 2.37 bits per heavy atom. The first kappa shape index (κ1) is 24.0. The van der Waals surface area contributed by atoms with Crippen LogP contribution in [0.5, 0.6) is 0 Å². The number of methoxy groups -OCH3 is 1. The maximum atomic E-state index is 12.3. The second kappa shape index (κ2) is 13.1. The Bertz CT molecular complexity index is 837. The van der Waals surface area contributed by atoms with Crippen molar-refractivity contribution in [1.82, 2.24) is 10.0 Å². The second-order valence-corrected chi connectivity index (χ2v) is 8.02. The van der Waals surface area contributed by atoms with E-state index in [4.69, 9.17) is 18.6 Å². The summed E-state index contributed by atoms with van der Waals surface area (Å²) < 4.78 is 47.7. The molecule has 1 aromatic heterocycles. The number of nitrogens with one attached hydrogen (secondary N) is 2. The highest BCUT2D eigenvalue weighted by molar-refractivity contribution is 7.89. The van der Waals surface area contributed by atoms with Crippen LogP contribution >= 0.6 is 0 Å². The van der Waals surface area contributed by atoms with Gasteiger partial charge in [-0.3, -0.25) is 4.79 Å². The molecule has 166 valence electrons. The molecule has 0 spiro atoms. The lowest BCUT2D eigenvalue weighted by atomic mass is 10.2. The van der Waals surface area contributed by atoms with E-state index in [2.05, 4.69) is 10.0 Å². The van der Waals surface area contributed by atoms with Gasteiger partial charge in [0.1, 0.15) is 5.76 Å². The lowest BCUT2D eigenvalue weighted by molar-refractivity contribution is 0.0244. The van der Waals surface area contributed by atoms with Crippen molar-refractivity contribution in [2.24, 2.45) is 0 Å². The average molecular weight is 441 g/mol. The SMILES string of the molecule is COCCOCCOCCCNC(=O)c1ccc(S(=O)(=O)NCc2ccco2)cc1. The van der Waals surface area contributed by atoms with Gasteiger partial charge in [0, 0.05) is 25.8 Å². The molecule has 1 amide bonds. The number of hydrogen-bond donors (Lipinski definition) is 2. The molecule has 0 saturated heterocycles. The van der Waals surface area contributed by atoms with Crippen LogP contribution in [-0.4, -0.2) is 61.0 Å². The number of amides is 1. The summed E-state index contributed by atoms with van der Waals surface area (Å²) >= 11 is 0. The van der Waals surface area contributed by atoms with Crippen LogP contribution < -0.4 is 10.0 Å². The maximum Gasteiger partial charge on any atom is 0.251 e. The van der Waals surface area contributed by atoms with Gasteiger partial charge in [0.15, 0.2) is 0 Å². The van der Waals surface area contributed by atoms with Crippen LogP contribution in [0.2, 0.25) is 0 Å². The van der Waals surface area contributed by atoms with Gasteiger partial charge in [-0.2, -0.15) is 0 Å². The van der Waals surface area contributed by atoms with E-state index in [1.807, 2.05) is 0 Å². The second-order valence-electron chi connectivity index (χ2n) is 6.26. The van der Waals surface area contributed by atoms with E-state index in [1.165, 1.54) is 30.5 Å². The van der Waals surface area contributed by atoms with Crippen LogP contribution in [0.1, 0.15) is 22.5 Å². The van der Waals surface area contributed by atoms with Gasteiger partial charge in [0.25, 0.3) is 5.91 Å². The number of carbonyl (C=O) groups is 1. The van der Waals surface area contributed by atoms with Gasteiger partial charge in [-0.05, 0) is 42.8 Å². The van der Waals surface area contributed by atoms with E-state index in [1.54, 1.807) is 19.2 Å². The van der Waals surface area contributed by atoms with E-state index in [0.717, 1.165) is 0 Å². The molecule has 10 heteroatoms. The Morgan fingerprint density at radius 2 is 1.70 bits per heavy atom. The van der Waals surface area contributed by atoms with E-state index in [-0.39, 0.29) is 17.3 Å². The molecule has 2 aromatic rings. The summed E-state index contributed by atoms with van der Waals surface area (Å²) in [5.41, 5.74) is 0.382. The number of ether oxygens (including phenoxy) is 3. The molecule has 0 atom stereocenters. The average Bonchev–Trinajstić information content (AvgIpc) is 3.27. The van der Waals surface area contributed by atoms with Gasteiger partial charge in [-0.15, -0.1) is 0 Å². The van der Waals surface area contributed by atoms with Crippen molar-refractivity contribution < 1.29 is 31.8 Å². The van der Waals surface area contributed by atoms with Crippen molar-refractivity contribution in [1.29, 1.82) is 0 Å². The zero-order chi connectivity index (χ0) is 21.7. The molecule has 0 aliphatic carbocycles. The van der Waals surface area contributed by atoms with Gasteiger partial charge in [-0.25, -0.2) is 13.1 Å². The van der Waals surface area contributed by atoms with Crippen molar-refractivity contribution in [3.63, 3.8) is 0 Å². The molecular weight excluding hydrogens is 412 g/mol. The molecular formula is C20H28N2O7S. The predicted octanol–water partition coefficient (Wildman–Crippen LogP) is 1.56. The molecule has 0 fully saturated rings. The van der Waals surface area contributed by atoms with Gasteiger partial charge >= 0.3 is 0 Å². The van der Waals surface area contributed by atoms with Crippen molar-refractivity contribution in [2.45, 2.75) is 17.9 Å². The summed E-state index contributed by atoms with van der Waals surface area (Å²) in [7, 11) is -2.07. The van der Waals surface area contributed by atoms with Crippen molar-refractivity contribution >= 4 is 15.9 Å². The third kappa shape index (κ3) is 8.64. The first-order valence-electron chi connectivity index (χ1n) is 9.57. The van der Waals surface area contributed by atoms with E-state index >= 15 is 0 Å². The van der Waals surface area contributed by atoms with E-state index < -0.39 is 10.0 Å². The molecule has 0 saturated carbocycles. The quantitative estimate of drug-likeness (QED) is 0.404. The van der Waals surface area contributed by atoms with Crippen molar-refractivity contribution in [3.8, 4) is 0 Å². The highest BCUT2D eigenvalue weighted by Crippen LogP contribution is 2.11. The number of sulfonamides is 1. The fourth-order valence-corrected chi connectivity index (χ4v) is 3.38. The minimum Gasteiger partial charge on any atom is -0.468 e.